The van der Waals surface area contributed by atoms with Gasteiger partial charge in [0.25, 0.3) is 0 Å². The third-order valence-corrected chi connectivity index (χ3v) is 3.96. The van der Waals surface area contributed by atoms with E-state index in [-0.39, 0.29) is 0 Å². The first-order chi connectivity index (χ1) is 8.72. The van der Waals surface area contributed by atoms with Gasteiger partial charge in [-0.15, -0.1) is 11.3 Å². The summed E-state index contributed by atoms with van der Waals surface area (Å²) >= 11 is 1.60. The second kappa shape index (κ2) is 4.28. The highest BCUT2D eigenvalue weighted by Crippen LogP contribution is 2.41. The predicted octanol–water partition coefficient (Wildman–Crippen LogP) is 2.16. The SMILES string of the molecule is Nc1ccc(C2(c3cccs3)OCCO2)cc1N. The Labute approximate surface area is 109 Å². The fourth-order valence-corrected chi connectivity index (χ4v) is 2.96. The van der Waals surface area contributed by atoms with Crippen LogP contribution < -0.4 is 11.5 Å². The summed E-state index contributed by atoms with van der Waals surface area (Å²) in [6.45, 7) is 1.14. The highest BCUT2D eigenvalue weighted by molar-refractivity contribution is 7.10. The van der Waals surface area contributed by atoms with E-state index in [0.717, 1.165) is 10.4 Å². The number of nitrogen functional groups attached to an aromatic ring is 2. The molecule has 0 bridgehead atoms. The van der Waals surface area contributed by atoms with Gasteiger partial charge in [0.1, 0.15) is 0 Å². The lowest BCUT2D eigenvalue weighted by atomic mass is 10.0. The minimum atomic E-state index is -0.823. The fourth-order valence-electron chi connectivity index (χ4n) is 2.11. The van der Waals surface area contributed by atoms with Crippen molar-refractivity contribution in [3.05, 3.63) is 46.2 Å². The second-order valence-electron chi connectivity index (χ2n) is 4.13. The van der Waals surface area contributed by atoms with Crippen LogP contribution in [0.25, 0.3) is 0 Å². The number of ether oxygens (including phenoxy) is 2. The molecule has 4 N–H and O–H groups in total. The number of nitrogens with two attached hydrogens (primary N) is 2. The van der Waals surface area contributed by atoms with Crippen LogP contribution in [0, 0.1) is 0 Å². The van der Waals surface area contributed by atoms with E-state index >= 15 is 0 Å². The van der Waals surface area contributed by atoms with Gasteiger partial charge in [-0.3, -0.25) is 0 Å². The molecule has 0 unspecified atom stereocenters. The molecule has 1 saturated heterocycles. The van der Waals surface area contributed by atoms with Crippen LogP contribution in [0.15, 0.2) is 35.7 Å². The summed E-state index contributed by atoms with van der Waals surface area (Å²) < 4.78 is 11.7. The first-order valence-electron chi connectivity index (χ1n) is 5.70. The molecule has 0 saturated carbocycles. The molecule has 4 nitrogen and oxygen atoms in total. The first-order valence-corrected chi connectivity index (χ1v) is 6.58. The maximum absolute atomic E-state index is 5.87. The Kier molecular flexibility index (Phi) is 2.74. The van der Waals surface area contributed by atoms with Crippen molar-refractivity contribution in [1.82, 2.24) is 0 Å². The third-order valence-electron chi connectivity index (χ3n) is 3.01. The Hall–Kier alpha value is -1.56. The molecular formula is C13H14N2O2S. The maximum Gasteiger partial charge on any atom is 0.232 e. The van der Waals surface area contributed by atoms with E-state index in [1.807, 2.05) is 29.6 Å². The first kappa shape index (κ1) is 11.5. The number of hydrogen-bond acceptors (Lipinski definition) is 5. The molecule has 1 aliphatic heterocycles. The van der Waals surface area contributed by atoms with Gasteiger partial charge < -0.3 is 20.9 Å². The zero-order chi connectivity index (χ0) is 12.6. The highest BCUT2D eigenvalue weighted by atomic mass is 32.1. The minimum Gasteiger partial charge on any atom is -0.397 e. The van der Waals surface area contributed by atoms with Crippen molar-refractivity contribution in [2.45, 2.75) is 5.79 Å². The summed E-state index contributed by atoms with van der Waals surface area (Å²) in [6.07, 6.45) is 0. The average molecular weight is 262 g/mol. The summed E-state index contributed by atoms with van der Waals surface area (Å²) in [6, 6.07) is 9.48. The van der Waals surface area contributed by atoms with E-state index in [0.29, 0.717) is 24.6 Å². The van der Waals surface area contributed by atoms with E-state index in [4.69, 9.17) is 20.9 Å². The molecule has 3 rings (SSSR count). The lowest BCUT2D eigenvalue weighted by molar-refractivity contribution is -0.127. The van der Waals surface area contributed by atoms with Crippen LogP contribution in [0.2, 0.25) is 0 Å². The number of hydrogen-bond donors (Lipinski definition) is 2. The Balaban J connectivity index is 2.12. The van der Waals surface area contributed by atoms with Crippen molar-refractivity contribution in [2.75, 3.05) is 24.7 Å². The molecule has 1 aromatic carbocycles. The molecule has 18 heavy (non-hydrogen) atoms. The van der Waals surface area contributed by atoms with Crippen molar-refractivity contribution >= 4 is 22.7 Å². The number of anilines is 2. The van der Waals surface area contributed by atoms with Crippen LogP contribution in [0.5, 0.6) is 0 Å². The van der Waals surface area contributed by atoms with E-state index in [1.54, 1.807) is 17.4 Å². The largest absolute Gasteiger partial charge is 0.397 e. The summed E-state index contributed by atoms with van der Waals surface area (Å²) in [5.41, 5.74) is 13.6. The van der Waals surface area contributed by atoms with E-state index in [9.17, 15) is 0 Å². The van der Waals surface area contributed by atoms with Crippen LogP contribution in [0.3, 0.4) is 0 Å². The summed E-state index contributed by atoms with van der Waals surface area (Å²) in [5, 5.41) is 2.00. The van der Waals surface area contributed by atoms with Crippen molar-refractivity contribution in [2.24, 2.45) is 0 Å². The van der Waals surface area contributed by atoms with Crippen molar-refractivity contribution in [1.29, 1.82) is 0 Å². The maximum atomic E-state index is 5.87. The summed E-state index contributed by atoms with van der Waals surface area (Å²) in [4.78, 5) is 1.02. The van der Waals surface area contributed by atoms with Gasteiger partial charge in [0, 0.05) is 5.56 Å². The molecule has 2 heterocycles. The van der Waals surface area contributed by atoms with Crippen molar-refractivity contribution in [3.8, 4) is 0 Å². The highest BCUT2D eigenvalue weighted by Gasteiger charge is 2.41. The molecule has 94 valence electrons. The van der Waals surface area contributed by atoms with Gasteiger partial charge in [-0.2, -0.15) is 0 Å². The van der Waals surface area contributed by atoms with Gasteiger partial charge in [-0.1, -0.05) is 12.1 Å². The molecule has 1 aromatic heterocycles. The molecule has 0 spiro atoms. The third kappa shape index (κ3) is 1.68. The molecular weight excluding hydrogens is 248 g/mol. The lowest BCUT2D eigenvalue weighted by Crippen LogP contribution is -2.27. The topological polar surface area (TPSA) is 70.5 Å². The second-order valence-corrected chi connectivity index (χ2v) is 5.08. The predicted molar refractivity (Wildman–Crippen MR) is 72.3 cm³/mol. The average Bonchev–Trinajstić information content (AvgIpc) is 3.01. The monoisotopic (exact) mass is 262 g/mol. The molecule has 0 amide bonds. The Morgan fingerprint density at radius 3 is 2.44 bits per heavy atom. The van der Waals surface area contributed by atoms with Crippen LogP contribution in [-0.4, -0.2) is 13.2 Å². The Bertz CT molecular complexity index is 548. The van der Waals surface area contributed by atoms with Gasteiger partial charge >= 0.3 is 0 Å². The zero-order valence-corrected chi connectivity index (χ0v) is 10.6. The summed E-state index contributed by atoms with van der Waals surface area (Å²) in [5.74, 6) is -0.823. The van der Waals surface area contributed by atoms with E-state index < -0.39 is 5.79 Å². The Morgan fingerprint density at radius 1 is 1.06 bits per heavy atom. The standard InChI is InChI=1S/C13H14N2O2S/c14-10-4-3-9(8-11(10)15)13(16-5-6-17-13)12-2-1-7-18-12/h1-4,7-8H,5-6,14-15H2. The fraction of sp³-hybridized carbons (Fsp3) is 0.231. The molecule has 2 aromatic rings. The molecule has 0 aliphatic carbocycles. The smallest absolute Gasteiger partial charge is 0.232 e. The number of benzene rings is 1. The van der Waals surface area contributed by atoms with Crippen molar-refractivity contribution in [3.63, 3.8) is 0 Å². The number of rotatable bonds is 2. The van der Waals surface area contributed by atoms with Crippen LogP contribution in [-0.2, 0) is 15.3 Å². The summed E-state index contributed by atoms with van der Waals surface area (Å²) in [7, 11) is 0. The normalized spacial score (nSPS) is 18.0. The van der Waals surface area contributed by atoms with Gasteiger partial charge in [0.05, 0.1) is 29.5 Å². The molecule has 1 fully saturated rings. The molecule has 5 heteroatoms. The number of thiophene rings is 1. The van der Waals surface area contributed by atoms with Gasteiger partial charge in [-0.25, -0.2) is 0 Å². The van der Waals surface area contributed by atoms with Gasteiger partial charge in [-0.05, 0) is 23.6 Å². The molecule has 1 aliphatic rings. The van der Waals surface area contributed by atoms with Gasteiger partial charge in [0.2, 0.25) is 5.79 Å². The quantitative estimate of drug-likeness (QED) is 0.814. The Morgan fingerprint density at radius 2 is 1.83 bits per heavy atom. The zero-order valence-electron chi connectivity index (χ0n) is 9.76. The minimum absolute atomic E-state index is 0.544. The van der Waals surface area contributed by atoms with E-state index in [1.165, 1.54) is 0 Å². The lowest BCUT2D eigenvalue weighted by Gasteiger charge is -2.27. The van der Waals surface area contributed by atoms with Crippen LogP contribution >= 0.6 is 11.3 Å². The van der Waals surface area contributed by atoms with Crippen LogP contribution in [0.4, 0.5) is 11.4 Å². The van der Waals surface area contributed by atoms with Crippen molar-refractivity contribution < 1.29 is 9.47 Å². The van der Waals surface area contributed by atoms with E-state index in [2.05, 4.69) is 0 Å². The molecule has 0 radical (unpaired) electrons. The van der Waals surface area contributed by atoms with Gasteiger partial charge in [0.15, 0.2) is 0 Å². The molecule has 0 atom stereocenters. The van der Waals surface area contributed by atoms with Crippen LogP contribution in [0.1, 0.15) is 10.4 Å².